The molecule has 3 N–H and O–H groups in total. The number of rotatable bonds is 7. The normalized spacial score (nSPS) is 12.2. The zero-order valence-corrected chi connectivity index (χ0v) is 12.6. The van der Waals surface area contributed by atoms with Crippen LogP contribution in [0.15, 0.2) is 35.0 Å². The lowest BCUT2D eigenvalue weighted by atomic mass is 10.0. The van der Waals surface area contributed by atoms with Gasteiger partial charge in [-0.25, -0.2) is 5.43 Å². The molecule has 0 saturated heterocycles. The van der Waals surface area contributed by atoms with Gasteiger partial charge in [0.25, 0.3) is 0 Å². The number of hydrogen-bond donors (Lipinski definition) is 2. The highest BCUT2D eigenvalue weighted by atomic mass is 32.1. The molecule has 2 rings (SSSR count). The summed E-state index contributed by atoms with van der Waals surface area (Å²) in [5, 5.41) is 4.12. The molecule has 0 aliphatic carbocycles. The van der Waals surface area contributed by atoms with Crippen LogP contribution < -0.4 is 20.7 Å². The number of nitrogens with one attached hydrogen (secondary N) is 1. The van der Waals surface area contributed by atoms with E-state index in [1.165, 1.54) is 0 Å². The van der Waals surface area contributed by atoms with Gasteiger partial charge in [-0.15, -0.1) is 0 Å². The number of thiophene rings is 1. The van der Waals surface area contributed by atoms with Gasteiger partial charge in [0.15, 0.2) is 11.5 Å². The van der Waals surface area contributed by atoms with Crippen LogP contribution in [-0.2, 0) is 0 Å². The van der Waals surface area contributed by atoms with Gasteiger partial charge in [0.2, 0.25) is 0 Å². The van der Waals surface area contributed by atoms with Gasteiger partial charge in [0.1, 0.15) is 0 Å². The molecule has 4 nitrogen and oxygen atoms in total. The summed E-state index contributed by atoms with van der Waals surface area (Å²) in [5.74, 6) is 7.21. The molecule has 0 spiro atoms. The lowest BCUT2D eigenvalue weighted by Gasteiger charge is -2.18. The largest absolute Gasteiger partial charge is 0.490 e. The summed E-state index contributed by atoms with van der Waals surface area (Å²) in [6.07, 6.45) is 0. The number of hydrogen-bond acceptors (Lipinski definition) is 5. The number of nitrogens with two attached hydrogens (primary N) is 1. The van der Waals surface area contributed by atoms with Crippen LogP contribution in [-0.4, -0.2) is 13.2 Å². The Balaban J connectivity index is 2.33. The molecule has 1 aromatic heterocycles. The maximum atomic E-state index is 5.70. The Morgan fingerprint density at radius 2 is 1.85 bits per heavy atom. The average Bonchev–Trinajstić information content (AvgIpc) is 2.97. The number of benzene rings is 1. The molecule has 1 atom stereocenters. The summed E-state index contributed by atoms with van der Waals surface area (Å²) in [7, 11) is 0. The average molecular weight is 292 g/mol. The Hall–Kier alpha value is -1.56. The topological polar surface area (TPSA) is 56.5 Å². The van der Waals surface area contributed by atoms with Gasteiger partial charge in [0, 0.05) is 0 Å². The fourth-order valence-electron chi connectivity index (χ4n) is 2.07. The summed E-state index contributed by atoms with van der Waals surface area (Å²) in [5.41, 5.74) is 5.05. The first kappa shape index (κ1) is 14.8. The molecule has 0 fully saturated rings. The molecular formula is C15H20N2O2S. The smallest absolute Gasteiger partial charge is 0.161 e. The fraction of sp³-hybridized carbons (Fsp3) is 0.333. The van der Waals surface area contributed by atoms with Gasteiger partial charge >= 0.3 is 0 Å². The molecule has 0 aliphatic rings. The van der Waals surface area contributed by atoms with Crippen molar-refractivity contribution in [1.82, 2.24) is 5.43 Å². The van der Waals surface area contributed by atoms with E-state index >= 15 is 0 Å². The zero-order chi connectivity index (χ0) is 14.4. The Morgan fingerprint density at radius 3 is 2.45 bits per heavy atom. The molecule has 1 aromatic carbocycles. The van der Waals surface area contributed by atoms with Gasteiger partial charge in [-0.3, -0.25) is 5.84 Å². The van der Waals surface area contributed by atoms with Crippen LogP contribution in [0.1, 0.15) is 31.0 Å². The summed E-state index contributed by atoms with van der Waals surface area (Å²) in [6.45, 7) is 5.13. The SMILES string of the molecule is CCOc1ccc(C(NN)c2ccsc2)cc1OCC. The van der Waals surface area contributed by atoms with E-state index in [1.54, 1.807) is 11.3 Å². The second-order valence-electron chi connectivity index (χ2n) is 4.23. The summed E-state index contributed by atoms with van der Waals surface area (Å²) < 4.78 is 11.2. The van der Waals surface area contributed by atoms with E-state index in [4.69, 9.17) is 15.3 Å². The van der Waals surface area contributed by atoms with Gasteiger partial charge in [-0.2, -0.15) is 11.3 Å². The molecule has 1 heterocycles. The first-order valence-corrected chi connectivity index (χ1v) is 7.62. The molecule has 108 valence electrons. The monoisotopic (exact) mass is 292 g/mol. The van der Waals surface area contributed by atoms with Gasteiger partial charge in [0.05, 0.1) is 19.3 Å². The second-order valence-corrected chi connectivity index (χ2v) is 5.01. The zero-order valence-electron chi connectivity index (χ0n) is 11.8. The lowest BCUT2D eigenvalue weighted by Crippen LogP contribution is -2.28. The van der Waals surface area contributed by atoms with Gasteiger partial charge < -0.3 is 9.47 Å². The third-order valence-corrected chi connectivity index (χ3v) is 3.65. The van der Waals surface area contributed by atoms with Gasteiger partial charge in [-0.1, -0.05) is 6.07 Å². The van der Waals surface area contributed by atoms with E-state index in [-0.39, 0.29) is 6.04 Å². The van der Waals surface area contributed by atoms with Crippen LogP contribution in [0.4, 0.5) is 0 Å². The Morgan fingerprint density at radius 1 is 1.10 bits per heavy atom. The third-order valence-electron chi connectivity index (χ3n) is 2.94. The van der Waals surface area contributed by atoms with Crippen LogP contribution in [0.5, 0.6) is 11.5 Å². The van der Waals surface area contributed by atoms with Crippen LogP contribution in [0, 0.1) is 0 Å². The molecule has 20 heavy (non-hydrogen) atoms. The van der Waals surface area contributed by atoms with Crippen LogP contribution in [0.2, 0.25) is 0 Å². The van der Waals surface area contributed by atoms with Crippen molar-refractivity contribution >= 4 is 11.3 Å². The predicted molar refractivity (Wildman–Crippen MR) is 82.3 cm³/mol. The van der Waals surface area contributed by atoms with Crippen molar-refractivity contribution < 1.29 is 9.47 Å². The van der Waals surface area contributed by atoms with E-state index in [0.717, 1.165) is 22.6 Å². The minimum atomic E-state index is -0.0452. The van der Waals surface area contributed by atoms with Crippen LogP contribution >= 0.6 is 11.3 Å². The van der Waals surface area contributed by atoms with E-state index in [1.807, 2.05) is 37.4 Å². The lowest BCUT2D eigenvalue weighted by molar-refractivity contribution is 0.287. The quantitative estimate of drug-likeness (QED) is 0.608. The van der Waals surface area contributed by atoms with Crippen LogP contribution in [0.25, 0.3) is 0 Å². The van der Waals surface area contributed by atoms with Crippen molar-refractivity contribution in [3.8, 4) is 11.5 Å². The van der Waals surface area contributed by atoms with Crippen molar-refractivity contribution in [2.24, 2.45) is 5.84 Å². The summed E-state index contributed by atoms with van der Waals surface area (Å²) in [4.78, 5) is 0. The highest BCUT2D eigenvalue weighted by Gasteiger charge is 2.15. The minimum absolute atomic E-state index is 0.0452. The minimum Gasteiger partial charge on any atom is -0.490 e. The molecule has 5 heteroatoms. The van der Waals surface area contributed by atoms with E-state index in [0.29, 0.717) is 13.2 Å². The summed E-state index contributed by atoms with van der Waals surface area (Å²) >= 11 is 1.65. The number of ether oxygens (including phenoxy) is 2. The van der Waals surface area contributed by atoms with E-state index in [9.17, 15) is 0 Å². The molecule has 0 saturated carbocycles. The molecule has 0 bridgehead atoms. The van der Waals surface area contributed by atoms with Crippen molar-refractivity contribution in [3.05, 3.63) is 46.2 Å². The van der Waals surface area contributed by atoms with E-state index < -0.39 is 0 Å². The van der Waals surface area contributed by atoms with E-state index in [2.05, 4.69) is 16.9 Å². The molecule has 2 aromatic rings. The van der Waals surface area contributed by atoms with Gasteiger partial charge in [-0.05, 0) is 53.9 Å². The highest BCUT2D eigenvalue weighted by Crippen LogP contribution is 2.33. The molecule has 0 amide bonds. The molecule has 0 radical (unpaired) electrons. The maximum Gasteiger partial charge on any atom is 0.161 e. The van der Waals surface area contributed by atoms with Crippen molar-refractivity contribution in [1.29, 1.82) is 0 Å². The van der Waals surface area contributed by atoms with Crippen molar-refractivity contribution in [2.75, 3.05) is 13.2 Å². The first-order valence-electron chi connectivity index (χ1n) is 6.67. The molecule has 0 aliphatic heterocycles. The highest BCUT2D eigenvalue weighted by molar-refractivity contribution is 7.08. The Kier molecular flexibility index (Phi) is 5.40. The Labute approximate surface area is 123 Å². The maximum absolute atomic E-state index is 5.70. The first-order chi connectivity index (χ1) is 9.80. The predicted octanol–water partition coefficient (Wildman–Crippen LogP) is 3.10. The van der Waals surface area contributed by atoms with Crippen molar-refractivity contribution in [3.63, 3.8) is 0 Å². The fourth-order valence-corrected chi connectivity index (χ4v) is 2.76. The Bertz CT molecular complexity index is 529. The second kappa shape index (κ2) is 7.28. The summed E-state index contributed by atoms with van der Waals surface area (Å²) in [6, 6.07) is 7.94. The molecule has 1 unspecified atom stereocenters. The molecular weight excluding hydrogens is 272 g/mol. The standard InChI is InChI=1S/C15H20N2O2S/c1-3-18-13-6-5-11(9-14(13)19-4-2)15(17-16)12-7-8-20-10-12/h5-10,15,17H,3-4,16H2,1-2H3. The third kappa shape index (κ3) is 3.30. The van der Waals surface area contributed by atoms with Crippen LogP contribution in [0.3, 0.4) is 0 Å². The number of hydrazine groups is 1. The van der Waals surface area contributed by atoms with Crippen molar-refractivity contribution in [2.45, 2.75) is 19.9 Å².